The molecule has 1 heterocycles. The summed E-state index contributed by atoms with van der Waals surface area (Å²) in [7, 11) is 1.52. The minimum atomic E-state index is -1.73. The van der Waals surface area contributed by atoms with Gasteiger partial charge in [0, 0.05) is 13.1 Å². The second-order valence-corrected chi connectivity index (χ2v) is 3.46. The minimum absolute atomic E-state index is 0.0558. The molecule has 1 aromatic carbocycles. The number of aromatic nitrogens is 2. The molecule has 0 atom stereocenters. The first-order chi connectivity index (χ1) is 7.91. The van der Waals surface area contributed by atoms with Crippen molar-refractivity contribution in [3.63, 3.8) is 0 Å². The summed E-state index contributed by atoms with van der Waals surface area (Å²) >= 11 is 0. The first-order valence-corrected chi connectivity index (χ1v) is 4.58. The van der Waals surface area contributed by atoms with Gasteiger partial charge in [-0.1, -0.05) is 0 Å². The summed E-state index contributed by atoms with van der Waals surface area (Å²) in [4.78, 5) is 0. The van der Waals surface area contributed by atoms with Gasteiger partial charge in [-0.25, -0.2) is 8.78 Å². The van der Waals surface area contributed by atoms with Crippen LogP contribution in [-0.4, -0.2) is 14.9 Å². The lowest BCUT2D eigenvalue weighted by molar-refractivity contribution is 0.388. The maximum Gasteiger partial charge on any atom is 0.204 e. The second-order valence-electron chi connectivity index (χ2n) is 3.46. The highest BCUT2D eigenvalue weighted by atomic mass is 19.2. The van der Waals surface area contributed by atoms with Crippen LogP contribution >= 0.6 is 0 Å². The zero-order valence-corrected chi connectivity index (χ0v) is 8.71. The molecule has 0 saturated heterocycles. The van der Waals surface area contributed by atoms with Crippen molar-refractivity contribution in [2.75, 3.05) is 5.73 Å². The predicted molar refractivity (Wildman–Crippen MR) is 54.6 cm³/mol. The van der Waals surface area contributed by atoms with E-state index < -0.39 is 23.2 Å². The summed E-state index contributed by atoms with van der Waals surface area (Å²) in [5.41, 5.74) is 5.29. The van der Waals surface area contributed by atoms with E-state index in [1.165, 1.54) is 17.8 Å². The average Bonchev–Trinajstić information content (AvgIpc) is 2.61. The number of hydrogen-bond acceptors (Lipinski definition) is 3. The van der Waals surface area contributed by atoms with E-state index >= 15 is 0 Å². The normalized spacial score (nSPS) is 10.8. The van der Waals surface area contributed by atoms with Crippen molar-refractivity contribution in [3.05, 3.63) is 29.6 Å². The van der Waals surface area contributed by atoms with Gasteiger partial charge in [-0.15, -0.1) is 0 Å². The highest BCUT2D eigenvalue weighted by molar-refractivity contribution is 5.69. The predicted octanol–water partition coefficient (Wildman–Crippen LogP) is 1.79. The van der Waals surface area contributed by atoms with Crippen LogP contribution in [0, 0.1) is 17.5 Å². The lowest BCUT2D eigenvalue weighted by Gasteiger charge is -2.04. The third-order valence-electron chi connectivity index (χ3n) is 2.33. The van der Waals surface area contributed by atoms with Gasteiger partial charge in [0.1, 0.15) is 5.82 Å². The fourth-order valence-corrected chi connectivity index (χ4v) is 1.39. The van der Waals surface area contributed by atoms with Crippen molar-refractivity contribution in [1.82, 2.24) is 9.78 Å². The van der Waals surface area contributed by atoms with Gasteiger partial charge >= 0.3 is 0 Å². The van der Waals surface area contributed by atoms with Crippen LogP contribution < -0.4 is 5.73 Å². The van der Waals surface area contributed by atoms with Crippen molar-refractivity contribution in [3.8, 4) is 17.0 Å². The largest absolute Gasteiger partial charge is 0.504 e. The van der Waals surface area contributed by atoms with E-state index in [-0.39, 0.29) is 17.1 Å². The number of nitrogens with zero attached hydrogens (tertiary/aromatic N) is 2. The number of aromatic hydroxyl groups is 1. The van der Waals surface area contributed by atoms with Gasteiger partial charge in [0.15, 0.2) is 17.4 Å². The Morgan fingerprint density at radius 1 is 1.24 bits per heavy atom. The molecule has 17 heavy (non-hydrogen) atoms. The molecule has 0 radical (unpaired) electrons. The van der Waals surface area contributed by atoms with Crippen LogP contribution in [0.4, 0.5) is 19.0 Å². The zero-order valence-electron chi connectivity index (χ0n) is 8.71. The number of nitrogens with two attached hydrogens (primary N) is 1. The molecule has 0 aliphatic heterocycles. The molecule has 2 rings (SSSR count). The van der Waals surface area contributed by atoms with Crippen LogP contribution in [0.25, 0.3) is 11.3 Å². The molecule has 0 aliphatic rings. The number of rotatable bonds is 1. The maximum atomic E-state index is 13.1. The summed E-state index contributed by atoms with van der Waals surface area (Å²) in [5, 5.41) is 13.2. The Kier molecular flexibility index (Phi) is 2.45. The van der Waals surface area contributed by atoms with Crippen molar-refractivity contribution >= 4 is 5.82 Å². The molecule has 2 aromatic rings. The molecule has 0 spiro atoms. The van der Waals surface area contributed by atoms with Gasteiger partial charge in [0.2, 0.25) is 5.82 Å². The monoisotopic (exact) mass is 243 g/mol. The van der Waals surface area contributed by atoms with E-state index in [9.17, 15) is 18.3 Å². The molecule has 0 amide bonds. The second kappa shape index (κ2) is 3.69. The maximum absolute atomic E-state index is 13.1. The van der Waals surface area contributed by atoms with E-state index in [2.05, 4.69) is 5.10 Å². The van der Waals surface area contributed by atoms with Gasteiger partial charge in [-0.2, -0.15) is 9.49 Å². The Balaban J connectivity index is 2.68. The Morgan fingerprint density at radius 3 is 2.41 bits per heavy atom. The van der Waals surface area contributed by atoms with E-state index in [4.69, 9.17) is 5.73 Å². The molecular formula is C10H8F3N3O. The molecule has 0 saturated carbocycles. The lowest BCUT2D eigenvalue weighted by Crippen LogP contribution is -1.97. The minimum Gasteiger partial charge on any atom is -0.504 e. The molecule has 0 bridgehead atoms. The number of hydrogen-bond donors (Lipinski definition) is 2. The quantitative estimate of drug-likeness (QED) is 0.750. The van der Waals surface area contributed by atoms with Gasteiger partial charge in [-0.05, 0) is 6.07 Å². The number of halogens is 3. The average molecular weight is 243 g/mol. The Hall–Kier alpha value is -2.18. The van der Waals surface area contributed by atoms with Gasteiger partial charge < -0.3 is 10.8 Å². The summed E-state index contributed by atoms with van der Waals surface area (Å²) in [6.45, 7) is 0. The number of phenols is 1. The van der Waals surface area contributed by atoms with Crippen molar-refractivity contribution in [1.29, 1.82) is 0 Å². The molecule has 3 N–H and O–H groups in total. The molecule has 0 unspecified atom stereocenters. The molecule has 4 nitrogen and oxygen atoms in total. The van der Waals surface area contributed by atoms with Gasteiger partial charge in [0.05, 0.1) is 11.3 Å². The summed E-state index contributed by atoms with van der Waals surface area (Å²) in [5.74, 6) is -5.54. The van der Waals surface area contributed by atoms with E-state index in [0.29, 0.717) is 6.07 Å². The fourth-order valence-electron chi connectivity index (χ4n) is 1.39. The number of phenolic OH excluding ortho intramolecular Hbond substituents is 1. The fraction of sp³-hybridized carbons (Fsp3) is 0.100. The van der Waals surface area contributed by atoms with Crippen molar-refractivity contribution < 1.29 is 18.3 Å². The first-order valence-electron chi connectivity index (χ1n) is 4.58. The van der Waals surface area contributed by atoms with Crippen LogP contribution in [-0.2, 0) is 7.05 Å². The molecular weight excluding hydrogens is 235 g/mol. The van der Waals surface area contributed by atoms with Gasteiger partial charge in [0.25, 0.3) is 0 Å². The molecule has 90 valence electrons. The summed E-state index contributed by atoms with van der Waals surface area (Å²) in [6, 6.07) is 1.97. The smallest absolute Gasteiger partial charge is 0.204 e. The van der Waals surface area contributed by atoms with E-state index in [0.717, 1.165) is 0 Å². The van der Waals surface area contributed by atoms with Gasteiger partial charge in [-0.3, -0.25) is 4.68 Å². The Morgan fingerprint density at radius 2 is 1.88 bits per heavy atom. The van der Waals surface area contributed by atoms with Crippen LogP contribution in [0.3, 0.4) is 0 Å². The van der Waals surface area contributed by atoms with Crippen molar-refractivity contribution in [2.24, 2.45) is 7.05 Å². The number of nitrogen functional groups attached to an aromatic ring is 1. The number of benzene rings is 1. The standard InChI is InChI=1S/C10H8F3N3O/c1-16-7(14)3-6(15-16)4-2-5(11)8(12)9(13)10(4)17/h2-3,17H,14H2,1H3. The van der Waals surface area contributed by atoms with Crippen LogP contribution in [0.5, 0.6) is 5.75 Å². The Bertz CT molecular complexity index is 575. The molecule has 7 heteroatoms. The number of anilines is 1. The number of aryl methyl sites for hydroxylation is 1. The molecule has 0 aliphatic carbocycles. The van der Waals surface area contributed by atoms with E-state index in [1.54, 1.807) is 0 Å². The van der Waals surface area contributed by atoms with Crippen LogP contribution in [0.2, 0.25) is 0 Å². The highest BCUT2D eigenvalue weighted by Crippen LogP contribution is 2.33. The SMILES string of the molecule is Cn1nc(-c2cc(F)c(F)c(F)c2O)cc1N. The third kappa shape index (κ3) is 1.69. The van der Waals surface area contributed by atoms with Crippen LogP contribution in [0.1, 0.15) is 0 Å². The van der Waals surface area contributed by atoms with Crippen LogP contribution in [0.15, 0.2) is 12.1 Å². The molecule has 1 aromatic heterocycles. The van der Waals surface area contributed by atoms with Crippen molar-refractivity contribution in [2.45, 2.75) is 0 Å². The molecule has 0 fully saturated rings. The summed E-state index contributed by atoms with van der Waals surface area (Å²) in [6.07, 6.45) is 0. The lowest BCUT2D eigenvalue weighted by atomic mass is 10.1. The topological polar surface area (TPSA) is 64.1 Å². The zero-order chi connectivity index (χ0) is 12.7. The highest BCUT2D eigenvalue weighted by Gasteiger charge is 2.20. The third-order valence-corrected chi connectivity index (χ3v) is 2.33. The Labute approximate surface area is 94.1 Å². The van der Waals surface area contributed by atoms with E-state index in [1.807, 2.05) is 0 Å². The first kappa shape index (κ1) is 11.3. The summed E-state index contributed by atoms with van der Waals surface area (Å²) < 4.78 is 40.2.